The second-order valence-electron chi connectivity index (χ2n) is 6.96. The number of benzene rings is 2. The zero-order valence-corrected chi connectivity index (χ0v) is 15.1. The predicted octanol–water partition coefficient (Wildman–Crippen LogP) is 3.72. The Bertz CT molecular complexity index is 843. The van der Waals surface area contributed by atoms with Gasteiger partial charge in [0.1, 0.15) is 11.4 Å². The van der Waals surface area contributed by atoms with Crippen molar-refractivity contribution in [1.29, 1.82) is 0 Å². The third-order valence-electron chi connectivity index (χ3n) is 4.30. The Morgan fingerprint density at radius 3 is 2.54 bits per heavy atom. The molecule has 1 aliphatic heterocycles. The molecule has 0 saturated heterocycles. The number of fused-ring (bicyclic) bond motifs is 1. The van der Waals surface area contributed by atoms with Gasteiger partial charge in [-0.05, 0) is 38.0 Å². The number of aryl methyl sites for hydroxylation is 1. The molecule has 0 aromatic heterocycles. The van der Waals surface area contributed by atoms with Gasteiger partial charge in [-0.1, -0.05) is 42.5 Å². The molecule has 1 heterocycles. The standard InChI is InChI=1S/C19H23NO3S/c1-14-8-4-5-9-15(14)13-24(21,22)20-17-12-19(2,3)23-18-11-7-6-10-16(17)18/h4-11,17,20H,12-13H2,1-3H3/t17-/m1/s1. The number of rotatable bonds is 4. The van der Waals surface area contributed by atoms with Gasteiger partial charge in [0.2, 0.25) is 10.0 Å². The molecule has 2 aromatic rings. The number of nitrogens with one attached hydrogen (secondary N) is 1. The minimum absolute atomic E-state index is 0.0143. The highest BCUT2D eigenvalue weighted by atomic mass is 32.2. The summed E-state index contributed by atoms with van der Waals surface area (Å²) in [5, 5.41) is 0. The van der Waals surface area contributed by atoms with Gasteiger partial charge in [0, 0.05) is 12.0 Å². The van der Waals surface area contributed by atoms with E-state index in [1.165, 1.54) is 0 Å². The van der Waals surface area contributed by atoms with Gasteiger partial charge in [-0.2, -0.15) is 0 Å². The fourth-order valence-electron chi connectivity index (χ4n) is 3.14. The first-order chi connectivity index (χ1) is 11.3. The van der Waals surface area contributed by atoms with E-state index in [4.69, 9.17) is 4.74 Å². The lowest BCUT2D eigenvalue weighted by molar-refractivity contribution is 0.0702. The number of hydrogen-bond donors (Lipinski definition) is 1. The summed E-state index contributed by atoms with van der Waals surface area (Å²) in [6, 6.07) is 14.9. The van der Waals surface area contributed by atoms with E-state index in [9.17, 15) is 8.42 Å². The van der Waals surface area contributed by atoms with Crippen molar-refractivity contribution >= 4 is 10.0 Å². The average Bonchev–Trinajstić information content (AvgIpc) is 2.48. The monoisotopic (exact) mass is 345 g/mol. The molecule has 1 atom stereocenters. The van der Waals surface area contributed by atoms with Crippen LogP contribution < -0.4 is 9.46 Å². The third-order valence-corrected chi connectivity index (χ3v) is 5.64. The minimum atomic E-state index is -3.46. The van der Waals surface area contributed by atoms with E-state index in [0.717, 1.165) is 22.4 Å². The zero-order valence-electron chi connectivity index (χ0n) is 14.2. The topological polar surface area (TPSA) is 55.4 Å². The number of ether oxygens (including phenoxy) is 1. The average molecular weight is 345 g/mol. The highest BCUT2D eigenvalue weighted by Gasteiger charge is 2.35. The Morgan fingerprint density at radius 2 is 1.79 bits per heavy atom. The summed E-state index contributed by atoms with van der Waals surface area (Å²) in [6.07, 6.45) is 0.594. The predicted molar refractivity (Wildman–Crippen MR) is 95.4 cm³/mol. The van der Waals surface area contributed by atoms with Crippen LogP contribution in [0.2, 0.25) is 0 Å². The van der Waals surface area contributed by atoms with Crippen LogP contribution in [0.4, 0.5) is 0 Å². The van der Waals surface area contributed by atoms with Crippen molar-refractivity contribution in [2.75, 3.05) is 0 Å². The molecule has 0 fully saturated rings. The van der Waals surface area contributed by atoms with Crippen LogP contribution in [0.25, 0.3) is 0 Å². The van der Waals surface area contributed by atoms with Crippen LogP contribution in [0, 0.1) is 6.92 Å². The molecule has 2 aromatic carbocycles. The molecular formula is C19H23NO3S. The van der Waals surface area contributed by atoms with Crippen molar-refractivity contribution < 1.29 is 13.2 Å². The van der Waals surface area contributed by atoms with Crippen LogP contribution in [0.3, 0.4) is 0 Å². The Morgan fingerprint density at radius 1 is 1.12 bits per heavy atom. The first kappa shape index (κ1) is 17.0. The summed E-state index contributed by atoms with van der Waals surface area (Å²) in [6.45, 7) is 5.88. The largest absolute Gasteiger partial charge is 0.487 e. The summed E-state index contributed by atoms with van der Waals surface area (Å²) < 4.78 is 34.2. The third kappa shape index (κ3) is 3.79. The fraction of sp³-hybridized carbons (Fsp3) is 0.368. The van der Waals surface area contributed by atoms with E-state index in [1.807, 2.05) is 69.3 Å². The van der Waals surface area contributed by atoms with Crippen LogP contribution in [0.1, 0.15) is 43.0 Å². The van der Waals surface area contributed by atoms with Gasteiger partial charge in [-0.15, -0.1) is 0 Å². The summed E-state index contributed by atoms with van der Waals surface area (Å²) in [5.41, 5.74) is 2.29. The molecule has 5 heteroatoms. The molecule has 0 aliphatic carbocycles. The van der Waals surface area contributed by atoms with Gasteiger partial charge >= 0.3 is 0 Å². The molecular weight excluding hydrogens is 322 g/mol. The normalized spacial score (nSPS) is 19.4. The van der Waals surface area contributed by atoms with Crippen molar-refractivity contribution in [3.63, 3.8) is 0 Å². The molecule has 0 spiro atoms. The summed E-state index contributed by atoms with van der Waals surface area (Å²) in [7, 11) is -3.46. The molecule has 24 heavy (non-hydrogen) atoms. The quantitative estimate of drug-likeness (QED) is 0.919. The molecule has 0 radical (unpaired) electrons. The first-order valence-corrected chi connectivity index (χ1v) is 9.73. The lowest BCUT2D eigenvalue weighted by Crippen LogP contribution is -2.41. The van der Waals surface area contributed by atoms with Crippen molar-refractivity contribution in [1.82, 2.24) is 4.72 Å². The van der Waals surface area contributed by atoms with Crippen LogP contribution >= 0.6 is 0 Å². The van der Waals surface area contributed by atoms with E-state index in [0.29, 0.717) is 6.42 Å². The van der Waals surface area contributed by atoms with E-state index in [-0.39, 0.29) is 11.8 Å². The maximum Gasteiger partial charge on any atom is 0.216 e. The number of sulfonamides is 1. The molecule has 4 nitrogen and oxygen atoms in total. The molecule has 0 saturated carbocycles. The summed E-state index contributed by atoms with van der Waals surface area (Å²) in [5.74, 6) is 0.733. The van der Waals surface area contributed by atoms with E-state index >= 15 is 0 Å². The van der Waals surface area contributed by atoms with E-state index in [1.54, 1.807) is 0 Å². The van der Waals surface area contributed by atoms with E-state index < -0.39 is 15.6 Å². The molecule has 1 aliphatic rings. The maximum absolute atomic E-state index is 12.7. The molecule has 0 bridgehead atoms. The minimum Gasteiger partial charge on any atom is -0.487 e. The van der Waals surface area contributed by atoms with Gasteiger partial charge in [-0.25, -0.2) is 13.1 Å². The SMILES string of the molecule is Cc1ccccc1CS(=O)(=O)N[C@@H]1CC(C)(C)Oc2ccccc21. The Hall–Kier alpha value is -1.85. The Labute approximate surface area is 143 Å². The second-order valence-corrected chi connectivity index (χ2v) is 8.71. The fourth-order valence-corrected chi connectivity index (χ4v) is 4.60. The van der Waals surface area contributed by atoms with Crippen LogP contribution in [-0.2, 0) is 15.8 Å². The van der Waals surface area contributed by atoms with Crippen LogP contribution in [0.5, 0.6) is 5.75 Å². The Kier molecular flexibility index (Phi) is 4.40. The van der Waals surface area contributed by atoms with Gasteiger partial charge in [0.05, 0.1) is 11.8 Å². The van der Waals surface area contributed by atoms with Gasteiger partial charge < -0.3 is 4.74 Å². The second kappa shape index (κ2) is 6.22. The number of hydrogen-bond acceptors (Lipinski definition) is 3. The highest BCUT2D eigenvalue weighted by molar-refractivity contribution is 7.88. The lowest BCUT2D eigenvalue weighted by atomic mass is 9.90. The highest BCUT2D eigenvalue weighted by Crippen LogP contribution is 2.39. The Balaban J connectivity index is 1.86. The number of para-hydroxylation sites is 1. The lowest BCUT2D eigenvalue weighted by Gasteiger charge is -2.37. The molecule has 128 valence electrons. The summed E-state index contributed by atoms with van der Waals surface area (Å²) in [4.78, 5) is 0. The smallest absolute Gasteiger partial charge is 0.216 e. The van der Waals surface area contributed by atoms with Gasteiger partial charge in [0.25, 0.3) is 0 Å². The maximum atomic E-state index is 12.7. The summed E-state index contributed by atoms with van der Waals surface area (Å²) >= 11 is 0. The molecule has 0 amide bonds. The molecule has 0 unspecified atom stereocenters. The van der Waals surface area contributed by atoms with Crippen LogP contribution in [0.15, 0.2) is 48.5 Å². The van der Waals surface area contributed by atoms with Crippen molar-refractivity contribution in [2.45, 2.75) is 44.6 Å². The molecule has 1 N–H and O–H groups in total. The van der Waals surface area contributed by atoms with E-state index in [2.05, 4.69) is 4.72 Å². The van der Waals surface area contributed by atoms with Gasteiger partial charge in [0.15, 0.2) is 0 Å². The zero-order chi connectivity index (χ0) is 17.4. The van der Waals surface area contributed by atoms with Crippen molar-refractivity contribution in [3.05, 3.63) is 65.2 Å². The van der Waals surface area contributed by atoms with Crippen molar-refractivity contribution in [3.8, 4) is 5.75 Å². The molecule has 3 rings (SSSR count). The first-order valence-electron chi connectivity index (χ1n) is 8.08. The van der Waals surface area contributed by atoms with Crippen LogP contribution in [-0.4, -0.2) is 14.0 Å². The van der Waals surface area contributed by atoms with Crippen molar-refractivity contribution in [2.24, 2.45) is 0 Å². The van der Waals surface area contributed by atoms with Gasteiger partial charge in [-0.3, -0.25) is 0 Å².